The molecule has 2 aromatic rings. The number of hydrogen-bond donors (Lipinski definition) is 2. The number of anilines is 1. The van der Waals surface area contributed by atoms with Crippen molar-refractivity contribution in [3.05, 3.63) is 53.6 Å². The number of nitrogens with one attached hydrogen (secondary N) is 2. The first-order valence-electron chi connectivity index (χ1n) is 13.4. The minimum atomic E-state index is -0.484. The Hall–Kier alpha value is -3.86. The highest BCUT2D eigenvalue weighted by Crippen LogP contribution is 2.60. The van der Waals surface area contributed by atoms with E-state index in [4.69, 9.17) is 14.7 Å². The molecule has 0 aromatic heterocycles. The number of carbonyl (C=O) groups is 2. The molecule has 4 aliphatic rings. The Kier molecular flexibility index (Phi) is 7.64. The lowest BCUT2D eigenvalue weighted by atomic mass is 9.48. The number of carbonyl (C=O) groups excluding carboxylic acids is 2. The van der Waals surface area contributed by atoms with Crippen LogP contribution >= 0.6 is 0 Å². The van der Waals surface area contributed by atoms with Crippen molar-refractivity contribution in [2.75, 3.05) is 18.5 Å². The zero-order valence-electron chi connectivity index (χ0n) is 21.7. The summed E-state index contributed by atoms with van der Waals surface area (Å²) in [5.74, 6) is 2.86. The van der Waals surface area contributed by atoms with Crippen molar-refractivity contribution in [3.63, 3.8) is 0 Å². The molecule has 0 unspecified atom stereocenters. The van der Waals surface area contributed by atoms with Crippen LogP contribution in [0.4, 0.5) is 5.69 Å². The van der Waals surface area contributed by atoms with E-state index < -0.39 is 5.91 Å². The first-order valence-corrected chi connectivity index (χ1v) is 13.4. The molecular weight excluding hydrogens is 480 g/mol. The topological polar surface area (TPSA) is 113 Å². The van der Waals surface area contributed by atoms with Crippen LogP contribution in [0.25, 0.3) is 0 Å². The smallest absolute Gasteiger partial charge is 0.262 e. The van der Waals surface area contributed by atoms with Gasteiger partial charge in [-0.3, -0.25) is 9.59 Å². The molecule has 8 heteroatoms. The van der Waals surface area contributed by atoms with Crippen LogP contribution in [0.15, 0.2) is 47.6 Å². The molecule has 6 rings (SSSR count). The van der Waals surface area contributed by atoms with Crippen LogP contribution in [0.3, 0.4) is 0 Å². The number of hydrogen-bond acceptors (Lipinski definition) is 6. The highest BCUT2D eigenvalue weighted by Gasteiger charge is 2.51. The van der Waals surface area contributed by atoms with Gasteiger partial charge in [0.25, 0.3) is 11.8 Å². The first-order chi connectivity index (χ1) is 18.5. The SMILES string of the molecule is CCOc1cc(/C=N\NC(=O)CC#N)ccc1OCC(=O)Nc1ccc(C23CC4CC(CC(C4)C2)C3)cc1. The zero-order valence-corrected chi connectivity index (χ0v) is 21.7. The van der Waals surface area contributed by atoms with Crippen LogP contribution in [0.5, 0.6) is 11.5 Å². The van der Waals surface area contributed by atoms with E-state index in [1.54, 1.807) is 24.3 Å². The highest BCUT2D eigenvalue weighted by molar-refractivity contribution is 5.92. The fourth-order valence-electron chi connectivity index (χ4n) is 6.99. The molecule has 4 aliphatic carbocycles. The van der Waals surface area contributed by atoms with E-state index in [0.717, 1.165) is 23.4 Å². The van der Waals surface area contributed by atoms with Gasteiger partial charge in [-0.1, -0.05) is 12.1 Å². The van der Waals surface area contributed by atoms with E-state index >= 15 is 0 Å². The molecule has 2 amide bonds. The van der Waals surface area contributed by atoms with E-state index in [2.05, 4.69) is 28.0 Å². The van der Waals surface area contributed by atoms with Crippen LogP contribution in [-0.4, -0.2) is 31.2 Å². The molecule has 38 heavy (non-hydrogen) atoms. The average Bonchev–Trinajstić information content (AvgIpc) is 2.88. The Morgan fingerprint density at radius 2 is 1.68 bits per heavy atom. The summed E-state index contributed by atoms with van der Waals surface area (Å²) in [7, 11) is 0. The molecular formula is C30H34N4O4. The quantitative estimate of drug-likeness (QED) is 0.345. The van der Waals surface area contributed by atoms with Gasteiger partial charge < -0.3 is 14.8 Å². The standard InChI is InChI=1S/C30H34N4O4/c1-2-37-27-14-20(18-32-34-28(35)9-10-31)3-8-26(27)38-19-29(36)33-25-6-4-24(5-7-25)30-15-21-11-22(16-30)13-23(12-21)17-30/h3-8,14,18,21-23H,2,9,11-13,15-17,19H2,1H3,(H,33,36)(H,34,35)/b32-18-. The Morgan fingerprint density at radius 3 is 2.32 bits per heavy atom. The lowest BCUT2D eigenvalue weighted by molar-refractivity contribution is -0.120. The third-order valence-electron chi connectivity index (χ3n) is 8.09. The molecule has 198 valence electrons. The molecule has 4 fully saturated rings. The van der Waals surface area contributed by atoms with Crippen LogP contribution in [-0.2, 0) is 15.0 Å². The van der Waals surface area contributed by atoms with Crippen LogP contribution in [0.2, 0.25) is 0 Å². The maximum atomic E-state index is 12.6. The second kappa shape index (κ2) is 11.3. The minimum Gasteiger partial charge on any atom is -0.490 e. The zero-order chi connectivity index (χ0) is 26.5. The fourth-order valence-corrected chi connectivity index (χ4v) is 6.99. The number of hydrazone groups is 1. The van der Waals surface area contributed by atoms with Gasteiger partial charge in [-0.05, 0) is 110 Å². The molecule has 8 nitrogen and oxygen atoms in total. The second-order valence-corrected chi connectivity index (χ2v) is 10.9. The summed E-state index contributed by atoms with van der Waals surface area (Å²) < 4.78 is 11.4. The predicted molar refractivity (Wildman–Crippen MR) is 144 cm³/mol. The minimum absolute atomic E-state index is 0.158. The Labute approximate surface area is 223 Å². The molecule has 0 radical (unpaired) electrons. The molecule has 4 bridgehead atoms. The molecule has 2 aromatic carbocycles. The summed E-state index contributed by atoms with van der Waals surface area (Å²) in [5, 5.41) is 15.3. The van der Waals surface area contributed by atoms with Crippen molar-refractivity contribution in [1.29, 1.82) is 5.26 Å². The van der Waals surface area contributed by atoms with Gasteiger partial charge in [0.2, 0.25) is 0 Å². The van der Waals surface area contributed by atoms with Gasteiger partial charge in [0.1, 0.15) is 6.42 Å². The molecule has 0 aliphatic heterocycles. The van der Waals surface area contributed by atoms with Crippen molar-refractivity contribution >= 4 is 23.7 Å². The summed E-state index contributed by atoms with van der Waals surface area (Å²) >= 11 is 0. The molecule has 0 saturated heterocycles. The highest BCUT2D eigenvalue weighted by atomic mass is 16.5. The number of amides is 2. The van der Waals surface area contributed by atoms with Crippen LogP contribution < -0.4 is 20.2 Å². The molecule has 0 spiro atoms. The van der Waals surface area contributed by atoms with E-state index in [1.807, 2.05) is 19.1 Å². The van der Waals surface area contributed by atoms with Gasteiger partial charge in [0.05, 0.1) is 18.9 Å². The molecule has 0 heterocycles. The van der Waals surface area contributed by atoms with Crippen LogP contribution in [0, 0.1) is 29.1 Å². The van der Waals surface area contributed by atoms with Crippen molar-refractivity contribution < 1.29 is 19.1 Å². The summed E-state index contributed by atoms with van der Waals surface area (Å²) in [5.41, 5.74) is 5.49. The first kappa shape index (κ1) is 25.8. The molecule has 2 N–H and O–H groups in total. The Balaban J connectivity index is 1.16. The Morgan fingerprint density at radius 1 is 1.00 bits per heavy atom. The monoisotopic (exact) mass is 514 g/mol. The average molecular weight is 515 g/mol. The Bertz CT molecular complexity index is 1210. The maximum Gasteiger partial charge on any atom is 0.262 e. The lowest BCUT2D eigenvalue weighted by Crippen LogP contribution is -2.48. The van der Waals surface area contributed by atoms with Crippen LogP contribution in [0.1, 0.15) is 63.0 Å². The van der Waals surface area contributed by atoms with Gasteiger partial charge in [-0.25, -0.2) is 5.43 Å². The van der Waals surface area contributed by atoms with Crippen molar-refractivity contribution in [2.45, 2.75) is 57.3 Å². The van der Waals surface area contributed by atoms with E-state index in [9.17, 15) is 9.59 Å². The van der Waals surface area contributed by atoms with E-state index in [1.165, 1.54) is 50.3 Å². The predicted octanol–water partition coefficient (Wildman–Crippen LogP) is 4.93. The van der Waals surface area contributed by atoms with E-state index in [-0.39, 0.29) is 18.9 Å². The summed E-state index contributed by atoms with van der Waals surface area (Å²) in [6, 6.07) is 15.3. The largest absolute Gasteiger partial charge is 0.490 e. The van der Waals surface area contributed by atoms with E-state index in [0.29, 0.717) is 29.1 Å². The number of nitriles is 1. The maximum absolute atomic E-state index is 12.6. The summed E-state index contributed by atoms with van der Waals surface area (Å²) in [6.45, 7) is 2.11. The normalized spacial score (nSPS) is 25.1. The number of rotatable bonds is 10. The number of ether oxygens (including phenoxy) is 2. The third-order valence-corrected chi connectivity index (χ3v) is 8.09. The summed E-state index contributed by atoms with van der Waals surface area (Å²) in [4.78, 5) is 24.0. The van der Waals surface area contributed by atoms with Gasteiger partial charge in [-0.15, -0.1) is 0 Å². The van der Waals surface area contributed by atoms with Crippen molar-refractivity contribution in [1.82, 2.24) is 5.43 Å². The summed E-state index contributed by atoms with van der Waals surface area (Å²) in [6.07, 6.45) is 9.43. The number of nitrogens with zero attached hydrogens (tertiary/aromatic N) is 2. The second-order valence-electron chi connectivity index (χ2n) is 10.9. The lowest BCUT2D eigenvalue weighted by Gasteiger charge is -2.57. The van der Waals surface area contributed by atoms with Crippen molar-refractivity contribution in [3.8, 4) is 17.6 Å². The molecule has 4 saturated carbocycles. The molecule has 0 atom stereocenters. The van der Waals surface area contributed by atoms with Gasteiger partial charge in [0, 0.05) is 5.69 Å². The van der Waals surface area contributed by atoms with Gasteiger partial charge >= 0.3 is 0 Å². The number of benzene rings is 2. The third kappa shape index (κ3) is 5.83. The van der Waals surface area contributed by atoms with Gasteiger partial charge in [0.15, 0.2) is 18.1 Å². The van der Waals surface area contributed by atoms with Gasteiger partial charge in [-0.2, -0.15) is 10.4 Å². The fraction of sp³-hybridized carbons (Fsp3) is 0.467. The van der Waals surface area contributed by atoms with Crippen molar-refractivity contribution in [2.24, 2.45) is 22.9 Å².